The first-order valence-electron chi connectivity index (χ1n) is 8.16. The van der Waals surface area contributed by atoms with Crippen LogP contribution in [-0.2, 0) is 33.3 Å². The highest BCUT2D eigenvalue weighted by molar-refractivity contribution is 8.22. The summed E-state index contributed by atoms with van der Waals surface area (Å²) in [6.45, 7) is 9.84. The maximum atomic E-state index is 10.6. The van der Waals surface area contributed by atoms with Crippen LogP contribution in [0.3, 0.4) is 0 Å². The maximum Gasteiger partial charge on any atom is 0.330 e. The van der Waals surface area contributed by atoms with Crippen molar-refractivity contribution in [1.82, 2.24) is 0 Å². The molecule has 0 aromatic carbocycles. The molecule has 0 saturated carbocycles. The molecule has 3 aliphatic rings. The van der Waals surface area contributed by atoms with Crippen molar-refractivity contribution in [3.8, 4) is 0 Å². The van der Waals surface area contributed by atoms with Gasteiger partial charge in [0.1, 0.15) is 25.4 Å². The molecule has 2 unspecified atom stereocenters. The molecule has 7 nitrogen and oxygen atoms in total. The number of carbonyl (C=O) groups is 2. The summed E-state index contributed by atoms with van der Waals surface area (Å²) in [4.78, 5) is 21.0. The van der Waals surface area contributed by atoms with Crippen molar-refractivity contribution in [1.29, 1.82) is 0 Å². The Kier molecular flexibility index (Phi) is 12.0. The highest BCUT2D eigenvalue weighted by atomic mass is 32.2. The average molecular weight is 405 g/mol. The number of thioether (sulfide) groups is 1. The fraction of sp³-hybridized carbons (Fsp3) is 0.588. The van der Waals surface area contributed by atoms with Gasteiger partial charge in [0.15, 0.2) is 0 Å². The van der Waals surface area contributed by atoms with Gasteiger partial charge in [-0.25, -0.2) is 9.59 Å². The number of thiocarbonyl (C=S) groups is 1. The first-order chi connectivity index (χ1) is 12.5. The van der Waals surface area contributed by atoms with Crippen molar-refractivity contribution in [2.24, 2.45) is 0 Å². The van der Waals surface area contributed by atoms with Gasteiger partial charge in [0.25, 0.3) is 0 Å². The van der Waals surface area contributed by atoms with Gasteiger partial charge in [0.2, 0.25) is 4.38 Å². The number of hydrogen-bond donors (Lipinski definition) is 0. The number of carbonyl (C=O) groups excluding carboxylic acids is 2. The summed E-state index contributed by atoms with van der Waals surface area (Å²) in [5.41, 5.74) is 0. The molecule has 0 bridgehead atoms. The summed E-state index contributed by atoms with van der Waals surface area (Å²) in [5, 5.41) is 0. The first-order valence-corrected chi connectivity index (χ1v) is 9.55. The summed E-state index contributed by atoms with van der Waals surface area (Å²) in [5.74, 6) is -0.0598. The van der Waals surface area contributed by atoms with Crippen molar-refractivity contribution in [3.63, 3.8) is 0 Å². The molecule has 0 amide bonds. The zero-order valence-corrected chi connectivity index (χ0v) is 16.2. The van der Waals surface area contributed by atoms with E-state index in [0.29, 0.717) is 17.6 Å². The van der Waals surface area contributed by atoms with Crippen LogP contribution < -0.4 is 0 Å². The number of hydrogen-bond acceptors (Lipinski definition) is 9. The molecule has 0 radical (unpaired) electrons. The molecule has 0 spiro atoms. The molecule has 0 aliphatic carbocycles. The molecule has 9 heteroatoms. The standard InChI is InChI=1S/C7H8O3S2.C6H8O3.C4H8O/c1-2-6(8)9-3-5-4-12-7(11)10-5;1-2-6(7)9-4-5-3-8-5;1-2-4-5-3-1/h2,5H,1,3-4H2;2,5H,1,3-4H2;1-4H2. The molecular formula is C17H24O7S2. The lowest BCUT2D eigenvalue weighted by Crippen LogP contribution is -2.19. The summed E-state index contributed by atoms with van der Waals surface area (Å²) >= 11 is 6.24. The Hall–Kier alpha value is -1.42. The topological polar surface area (TPSA) is 83.6 Å². The summed E-state index contributed by atoms with van der Waals surface area (Å²) in [7, 11) is 0. The molecule has 146 valence electrons. The lowest BCUT2D eigenvalue weighted by atomic mass is 10.4. The summed E-state index contributed by atoms with van der Waals surface area (Å²) < 4.78 is 24.8. The second-order valence-electron chi connectivity index (χ2n) is 5.24. The number of esters is 2. The lowest BCUT2D eigenvalue weighted by molar-refractivity contribution is -0.140. The number of epoxide rings is 1. The predicted octanol–water partition coefficient (Wildman–Crippen LogP) is 2.04. The van der Waals surface area contributed by atoms with Crippen molar-refractivity contribution >= 4 is 40.3 Å². The summed E-state index contributed by atoms with van der Waals surface area (Å²) in [6, 6.07) is 0. The second-order valence-corrected chi connectivity index (χ2v) is 6.87. The minimum Gasteiger partial charge on any atom is -0.471 e. The molecule has 26 heavy (non-hydrogen) atoms. The molecule has 0 aromatic heterocycles. The fourth-order valence-electron chi connectivity index (χ4n) is 1.59. The van der Waals surface area contributed by atoms with Crippen molar-refractivity contribution in [2.45, 2.75) is 25.0 Å². The van der Waals surface area contributed by atoms with Gasteiger partial charge in [-0.3, -0.25) is 0 Å². The Morgan fingerprint density at radius 1 is 1.12 bits per heavy atom. The molecule has 2 atom stereocenters. The number of ether oxygens (including phenoxy) is 5. The van der Waals surface area contributed by atoms with E-state index in [-0.39, 0.29) is 24.8 Å². The smallest absolute Gasteiger partial charge is 0.330 e. The van der Waals surface area contributed by atoms with E-state index >= 15 is 0 Å². The summed E-state index contributed by atoms with van der Waals surface area (Å²) in [6.07, 6.45) is 4.88. The highest BCUT2D eigenvalue weighted by Crippen LogP contribution is 2.19. The van der Waals surface area contributed by atoms with Crippen LogP contribution in [0.5, 0.6) is 0 Å². The monoisotopic (exact) mass is 404 g/mol. The third kappa shape index (κ3) is 12.0. The fourth-order valence-corrected chi connectivity index (χ4v) is 2.62. The van der Waals surface area contributed by atoms with E-state index in [9.17, 15) is 9.59 Å². The molecule has 3 fully saturated rings. The van der Waals surface area contributed by atoms with Crippen LogP contribution in [0.1, 0.15) is 12.8 Å². The molecule has 0 aromatic rings. The van der Waals surface area contributed by atoms with E-state index in [4.69, 9.17) is 31.2 Å². The van der Waals surface area contributed by atoms with Crippen molar-refractivity contribution < 1.29 is 33.3 Å². The van der Waals surface area contributed by atoms with Crippen LogP contribution in [0.25, 0.3) is 0 Å². The third-order valence-corrected chi connectivity index (χ3v) is 4.36. The van der Waals surface area contributed by atoms with E-state index in [1.807, 2.05) is 0 Å². The number of rotatable bonds is 6. The largest absolute Gasteiger partial charge is 0.471 e. The SMILES string of the molecule is C1CCOC1.C=CC(=O)OCC1CO1.C=CC(=O)OCC1CSC(=S)O1. The van der Waals surface area contributed by atoms with Crippen LogP contribution in [-0.4, -0.2) is 67.3 Å². The molecule has 3 heterocycles. The van der Waals surface area contributed by atoms with E-state index in [0.717, 1.165) is 31.1 Å². The Labute approximate surface area is 163 Å². The molecule has 3 saturated heterocycles. The zero-order valence-electron chi connectivity index (χ0n) is 14.6. The Morgan fingerprint density at radius 3 is 2.00 bits per heavy atom. The molecule has 3 rings (SSSR count). The molecule has 3 aliphatic heterocycles. The zero-order chi connectivity index (χ0) is 19.2. The van der Waals surface area contributed by atoms with Gasteiger partial charge in [-0.05, 0) is 25.1 Å². The minimum atomic E-state index is -0.429. The molecule has 0 N–H and O–H groups in total. The minimum absolute atomic E-state index is 0.0913. The molecular weight excluding hydrogens is 380 g/mol. The van der Waals surface area contributed by atoms with Crippen molar-refractivity contribution in [3.05, 3.63) is 25.3 Å². The lowest BCUT2D eigenvalue weighted by Gasteiger charge is -2.07. The maximum absolute atomic E-state index is 10.6. The van der Waals surface area contributed by atoms with Crippen molar-refractivity contribution in [2.75, 3.05) is 38.8 Å². The normalized spacial score (nSPS) is 22.5. The van der Waals surface area contributed by atoms with Crippen LogP contribution >= 0.6 is 24.0 Å². The van der Waals surface area contributed by atoms with Crippen LogP contribution in [0.15, 0.2) is 25.3 Å². The van der Waals surface area contributed by atoms with Gasteiger partial charge >= 0.3 is 11.9 Å². The van der Waals surface area contributed by atoms with Gasteiger partial charge in [-0.1, -0.05) is 24.9 Å². The Balaban J connectivity index is 0.000000211. The third-order valence-electron chi connectivity index (χ3n) is 3.04. The second kappa shape index (κ2) is 13.7. The van der Waals surface area contributed by atoms with Gasteiger partial charge in [-0.2, -0.15) is 0 Å². The average Bonchev–Trinajstić information content (AvgIpc) is 3.10. The van der Waals surface area contributed by atoms with Crippen LogP contribution in [0.2, 0.25) is 0 Å². The van der Waals surface area contributed by atoms with E-state index < -0.39 is 5.97 Å². The van der Waals surface area contributed by atoms with E-state index in [1.165, 1.54) is 24.6 Å². The van der Waals surface area contributed by atoms with E-state index in [1.54, 1.807) is 0 Å². The first kappa shape index (κ1) is 22.6. The van der Waals surface area contributed by atoms with E-state index in [2.05, 4.69) is 17.9 Å². The van der Waals surface area contributed by atoms with Crippen LogP contribution in [0, 0.1) is 0 Å². The van der Waals surface area contributed by atoms with Gasteiger partial charge in [0.05, 0.1) is 6.61 Å². The Bertz CT molecular complexity index is 480. The highest BCUT2D eigenvalue weighted by Gasteiger charge is 2.23. The quantitative estimate of drug-likeness (QED) is 0.286. The predicted molar refractivity (Wildman–Crippen MR) is 102 cm³/mol. The van der Waals surface area contributed by atoms with Gasteiger partial charge in [-0.15, -0.1) is 0 Å². The van der Waals surface area contributed by atoms with Gasteiger partial charge in [0, 0.05) is 31.1 Å². The van der Waals surface area contributed by atoms with Crippen LogP contribution in [0.4, 0.5) is 0 Å². The Morgan fingerprint density at radius 2 is 1.65 bits per heavy atom. The van der Waals surface area contributed by atoms with Gasteiger partial charge < -0.3 is 23.7 Å².